The van der Waals surface area contributed by atoms with E-state index in [4.69, 9.17) is 9.47 Å². The maximum absolute atomic E-state index is 14.2. The molecule has 8 heteroatoms. The number of methoxy groups -OCH3 is 1. The maximum atomic E-state index is 14.2. The summed E-state index contributed by atoms with van der Waals surface area (Å²) in [5, 5.41) is 2.21. The zero-order valence-electron chi connectivity index (χ0n) is 15.8. The van der Waals surface area contributed by atoms with Gasteiger partial charge in [-0.1, -0.05) is 30.3 Å². The van der Waals surface area contributed by atoms with Crippen molar-refractivity contribution in [1.29, 1.82) is 0 Å². The molecule has 1 saturated carbocycles. The van der Waals surface area contributed by atoms with E-state index in [0.717, 1.165) is 12.7 Å². The Morgan fingerprint density at radius 2 is 1.85 bits per heavy atom. The molecule has 3 atom stereocenters. The first kappa shape index (κ1) is 21.1. The number of carbonyl (C=O) groups excluding carboxylic acids is 2. The van der Waals surface area contributed by atoms with E-state index < -0.39 is 41.5 Å². The Labute approximate surface area is 157 Å². The van der Waals surface area contributed by atoms with Gasteiger partial charge < -0.3 is 19.5 Å². The number of halogens is 2. The van der Waals surface area contributed by atoms with Crippen LogP contribution in [0.4, 0.5) is 13.6 Å². The largest absolute Gasteiger partial charge is 0.467 e. The molecule has 0 aromatic heterocycles. The summed E-state index contributed by atoms with van der Waals surface area (Å²) in [7, 11) is 1.08. The predicted molar refractivity (Wildman–Crippen MR) is 93.2 cm³/mol. The second kappa shape index (κ2) is 8.21. The normalized spacial score (nSPS) is 21.9. The number of esters is 1. The minimum Gasteiger partial charge on any atom is -0.467 e. The number of carbonyl (C=O) groups is 2. The smallest absolute Gasteiger partial charge is 0.408 e. The van der Waals surface area contributed by atoms with Gasteiger partial charge >= 0.3 is 12.1 Å². The fourth-order valence-corrected chi connectivity index (χ4v) is 2.82. The van der Waals surface area contributed by atoms with E-state index >= 15 is 0 Å². The monoisotopic (exact) mass is 385 g/mol. The van der Waals surface area contributed by atoms with Crippen LogP contribution < -0.4 is 5.32 Å². The van der Waals surface area contributed by atoms with Crippen LogP contribution in [0.5, 0.6) is 0 Å². The Morgan fingerprint density at radius 1 is 1.22 bits per heavy atom. The molecule has 1 aliphatic carbocycles. The van der Waals surface area contributed by atoms with E-state index in [1.807, 2.05) is 30.3 Å². The average molecular weight is 385 g/mol. The van der Waals surface area contributed by atoms with Crippen molar-refractivity contribution in [2.24, 2.45) is 11.8 Å². The van der Waals surface area contributed by atoms with Gasteiger partial charge in [-0.3, -0.25) is 0 Å². The van der Waals surface area contributed by atoms with Crippen molar-refractivity contribution in [3.8, 4) is 0 Å². The molecule has 1 fully saturated rings. The predicted octanol–water partition coefficient (Wildman–Crippen LogP) is 3.15. The van der Waals surface area contributed by atoms with Crippen LogP contribution in [0.15, 0.2) is 30.3 Å². The first-order valence-electron chi connectivity index (χ1n) is 8.63. The maximum Gasteiger partial charge on any atom is 0.408 e. The zero-order chi connectivity index (χ0) is 20.2. The summed E-state index contributed by atoms with van der Waals surface area (Å²) in [6.45, 7) is 4.83. The first-order valence-corrected chi connectivity index (χ1v) is 8.63. The Bertz CT molecular complexity index is 660. The van der Waals surface area contributed by atoms with E-state index in [1.165, 1.54) is 0 Å². The van der Waals surface area contributed by atoms with Crippen molar-refractivity contribution >= 4 is 12.1 Å². The fourth-order valence-electron chi connectivity index (χ4n) is 2.82. The molecular weight excluding hydrogens is 360 g/mol. The molecular formula is C19H25F2NO5. The Balaban J connectivity index is 1.98. The van der Waals surface area contributed by atoms with E-state index in [1.54, 1.807) is 20.8 Å². The molecule has 0 bridgehead atoms. The van der Waals surface area contributed by atoms with Gasteiger partial charge in [-0.05, 0) is 26.3 Å². The Kier molecular flexibility index (Phi) is 6.41. The van der Waals surface area contributed by atoms with Gasteiger partial charge in [-0.25, -0.2) is 18.4 Å². The number of ether oxygens (including phenoxy) is 3. The molecule has 1 aromatic carbocycles. The van der Waals surface area contributed by atoms with Gasteiger partial charge in [-0.15, -0.1) is 0 Å². The summed E-state index contributed by atoms with van der Waals surface area (Å²) in [4.78, 5) is 23.9. The number of nitrogens with one attached hydrogen (secondary N) is 1. The van der Waals surface area contributed by atoms with Crippen LogP contribution in [0.1, 0.15) is 26.3 Å². The molecule has 27 heavy (non-hydrogen) atoms. The Hall–Kier alpha value is -2.22. The molecule has 0 spiro atoms. The highest BCUT2D eigenvalue weighted by molar-refractivity contribution is 5.82. The lowest BCUT2D eigenvalue weighted by Crippen LogP contribution is -2.46. The third-order valence-corrected chi connectivity index (χ3v) is 4.16. The molecule has 1 aromatic rings. The second-order valence-electron chi connectivity index (χ2n) is 7.45. The molecule has 6 nitrogen and oxygen atoms in total. The van der Waals surface area contributed by atoms with Crippen LogP contribution >= 0.6 is 0 Å². The minimum atomic E-state index is -3.15. The highest BCUT2D eigenvalue weighted by atomic mass is 19.3. The van der Waals surface area contributed by atoms with Crippen molar-refractivity contribution in [2.45, 2.75) is 44.9 Å². The van der Waals surface area contributed by atoms with Crippen LogP contribution in [-0.2, 0) is 25.6 Å². The van der Waals surface area contributed by atoms with Gasteiger partial charge in [-0.2, -0.15) is 0 Å². The van der Waals surface area contributed by atoms with Gasteiger partial charge in [0.25, 0.3) is 5.92 Å². The SMILES string of the molecule is COC(=O)[C@@H](NC(=O)OC(C)(C)C)[C@H]1[C@@H](COCc2ccccc2)C1(F)F. The van der Waals surface area contributed by atoms with Crippen molar-refractivity contribution in [3.63, 3.8) is 0 Å². The third-order valence-electron chi connectivity index (χ3n) is 4.16. The van der Waals surface area contributed by atoms with E-state index in [0.29, 0.717) is 0 Å². The van der Waals surface area contributed by atoms with E-state index in [9.17, 15) is 18.4 Å². The van der Waals surface area contributed by atoms with Crippen LogP contribution in [0, 0.1) is 11.8 Å². The molecule has 2 rings (SSSR count). The highest BCUT2D eigenvalue weighted by Gasteiger charge is 2.72. The van der Waals surface area contributed by atoms with Gasteiger partial charge in [0.05, 0.1) is 32.2 Å². The summed E-state index contributed by atoms with van der Waals surface area (Å²) in [5.41, 5.74) is 0.0316. The van der Waals surface area contributed by atoms with Gasteiger partial charge in [0.1, 0.15) is 11.6 Å². The molecule has 150 valence electrons. The first-order chi connectivity index (χ1) is 12.6. The number of rotatable bonds is 7. The summed E-state index contributed by atoms with van der Waals surface area (Å²) in [5.74, 6) is -6.70. The van der Waals surface area contributed by atoms with Gasteiger partial charge in [0.2, 0.25) is 0 Å². The summed E-state index contributed by atoms with van der Waals surface area (Å²) in [6.07, 6.45) is -0.954. The molecule has 0 aliphatic heterocycles. The molecule has 0 saturated heterocycles. The lowest BCUT2D eigenvalue weighted by atomic mass is 10.1. The van der Waals surface area contributed by atoms with E-state index in [2.05, 4.69) is 10.1 Å². The van der Waals surface area contributed by atoms with Crippen LogP contribution in [0.3, 0.4) is 0 Å². The summed E-state index contributed by atoms with van der Waals surface area (Å²) < 4.78 is 43.5. The van der Waals surface area contributed by atoms with Crippen molar-refractivity contribution < 1.29 is 32.6 Å². The number of amides is 1. The lowest BCUT2D eigenvalue weighted by molar-refractivity contribution is -0.144. The number of alkyl carbamates (subject to hydrolysis) is 1. The molecule has 1 aliphatic rings. The number of benzene rings is 1. The molecule has 0 unspecified atom stereocenters. The van der Waals surface area contributed by atoms with Crippen molar-refractivity contribution in [2.75, 3.05) is 13.7 Å². The fraction of sp³-hybridized carbons (Fsp3) is 0.579. The number of hydrogen-bond donors (Lipinski definition) is 1. The van der Waals surface area contributed by atoms with Crippen LogP contribution in [0.2, 0.25) is 0 Å². The summed E-state index contributed by atoms with van der Waals surface area (Å²) >= 11 is 0. The second-order valence-corrected chi connectivity index (χ2v) is 7.45. The summed E-state index contributed by atoms with van der Waals surface area (Å²) in [6, 6.07) is 7.63. The Morgan fingerprint density at radius 3 is 2.41 bits per heavy atom. The van der Waals surface area contributed by atoms with Gasteiger partial charge in [0, 0.05) is 0 Å². The number of alkyl halides is 2. The topological polar surface area (TPSA) is 73.9 Å². The standard InChI is InChI=1S/C19H25F2NO5/c1-18(2,3)27-17(24)22-15(16(23)25-4)14-13(19(14,20)21)11-26-10-12-8-6-5-7-9-12/h5-9,13-15H,10-11H2,1-4H3,(H,22,24)/t13-,14-,15+/m1/s1. The molecule has 0 heterocycles. The quantitative estimate of drug-likeness (QED) is 0.730. The molecule has 1 N–H and O–H groups in total. The average Bonchev–Trinajstić information content (AvgIpc) is 3.11. The highest BCUT2D eigenvalue weighted by Crippen LogP contribution is 2.57. The van der Waals surface area contributed by atoms with Crippen molar-refractivity contribution in [3.05, 3.63) is 35.9 Å². The van der Waals surface area contributed by atoms with Crippen LogP contribution in [0.25, 0.3) is 0 Å². The lowest BCUT2D eigenvalue weighted by Gasteiger charge is -2.22. The molecule has 0 radical (unpaired) electrons. The van der Waals surface area contributed by atoms with Crippen LogP contribution in [-0.4, -0.2) is 43.3 Å². The zero-order valence-corrected chi connectivity index (χ0v) is 15.8. The van der Waals surface area contributed by atoms with E-state index in [-0.39, 0.29) is 13.2 Å². The third kappa shape index (κ3) is 5.63. The molecule has 1 amide bonds. The van der Waals surface area contributed by atoms with Gasteiger partial charge in [0.15, 0.2) is 0 Å². The number of hydrogen-bond acceptors (Lipinski definition) is 5. The minimum absolute atomic E-state index is 0.183. The van der Waals surface area contributed by atoms with Crippen molar-refractivity contribution in [1.82, 2.24) is 5.32 Å².